The fraction of sp³-hybridized carbons (Fsp3) is 0.417. The summed E-state index contributed by atoms with van der Waals surface area (Å²) in [6.45, 7) is 3.53. The maximum absolute atomic E-state index is 11.5. The number of aromatic hydroxyl groups is 1. The smallest absolute Gasteiger partial charge is 0.339 e. The van der Waals surface area contributed by atoms with Gasteiger partial charge in [0.2, 0.25) is 0 Å². The van der Waals surface area contributed by atoms with Gasteiger partial charge >= 0.3 is 5.97 Å². The molecule has 0 heterocycles. The maximum Gasteiger partial charge on any atom is 0.339 e. The summed E-state index contributed by atoms with van der Waals surface area (Å²) in [5, 5.41) is 19.8. The molecule has 0 radical (unpaired) electrons. The third-order valence-electron chi connectivity index (χ3n) is 2.48. The predicted molar refractivity (Wildman–Crippen MR) is 68.7 cm³/mol. The van der Waals surface area contributed by atoms with E-state index in [2.05, 4.69) is 15.9 Å². The predicted octanol–water partition coefficient (Wildman–Crippen LogP) is 2.07. The molecule has 2 N–H and O–H groups in total. The van der Waals surface area contributed by atoms with Gasteiger partial charge in [-0.2, -0.15) is 0 Å². The van der Waals surface area contributed by atoms with Crippen molar-refractivity contribution in [2.24, 2.45) is 0 Å². The van der Waals surface area contributed by atoms with Gasteiger partial charge in [-0.25, -0.2) is 4.79 Å². The molecule has 5 nitrogen and oxygen atoms in total. The van der Waals surface area contributed by atoms with Crippen molar-refractivity contribution in [3.05, 3.63) is 21.7 Å². The molecule has 0 spiro atoms. The van der Waals surface area contributed by atoms with Crippen molar-refractivity contribution in [2.75, 3.05) is 13.7 Å². The molecule has 1 aromatic rings. The molecule has 0 saturated carbocycles. The number of esters is 1. The third kappa shape index (κ3) is 2.76. The summed E-state index contributed by atoms with van der Waals surface area (Å²) in [7, 11) is 1.40. The average Bonchev–Trinajstić information content (AvgIpc) is 2.34. The fourth-order valence-corrected chi connectivity index (χ4v) is 1.96. The van der Waals surface area contributed by atoms with Crippen molar-refractivity contribution in [1.82, 2.24) is 0 Å². The van der Waals surface area contributed by atoms with E-state index in [1.165, 1.54) is 13.2 Å². The minimum Gasteiger partial charge on any atom is -0.504 e. The first-order valence-electron chi connectivity index (χ1n) is 5.34. The molecule has 0 fully saturated rings. The van der Waals surface area contributed by atoms with Crippen molar-refractivity contribution in [3.8, 4) is 11.5 Å². The lowest BCUT2D eigenvalue weighted by Crippen LogP contribution is -2.16. The van der Waals surface area contributed by atoms with E-state index in [1.807, 2.05) is 0 Å². The largest absolute Gasteiger partial charge is 0.504 e. The molecule has 1 aromatic carbocycles. The van der Waals surface area contributed by atoms with Crippen LogP contribution < -0.4 is 4.74 Å². The second-order valence-electron chi connectivity index (χ2n) is 3.61. The number of halogens is 1. The van der Waals surface area contributed by atoms with E-state index in [1.54, 1.807) is 13.8 Å². The van der Waals surface area contributed by atoms with E-state index in [0.29, 0.717) is 10.0 Å². The Hall–Kier alpha value is -1.27. The highest BCUT2D eigenvalue weighted by Crippen LogP contribution is 2.40. The normalized spacial score (nSPS) is 12.1. The number of carbonyl (C=O) groups is 1. The third-order valence-corrected chi connectivity index (χ3v) is 3.30. The molecule has 1 atom stereocenters. The van der Waals surface area contributed by atoms with Gasteiger partial charge in [0.05, 0.1) is 13.7 Å². The van der Waals surface area contributed by atoms with Crippen LogP contribution in [0.2, 0.25) is 0 Å². The van der Waals surface area contributed by atoms with Crippen LogP contribution in [0.5, 0.6) is 11.5 Å². The maximum atomic E-state index is 11.5. The van der Waals surface area contributed by atoms with Gasteiger partial charge in [-0.05, 0) is 19.9 Å². The Bertz CT molecular complexity index is 458. The molecular formula is C12H15BrO5. The van der Waals surface area contributed by atoms with Gasteiger partial charge in [0.1, 0.15) is 0 Å². The van der Waals surface area contributed by atoms with E-state index < -0.39 is 12.1 Å². The molecule has 1 unspecified atom stereocenters. The number of aliphatic hydroxyl groups is 1. The molecule has 18 heavy (non-hydrogen) atoms. The minimum atomic E-state index is -1.55. The zero-order valence-electron chi connectivity index (χ0n) is 10.4. The topological polar surface area (TPSA) is 76.0 Å². The van der Waals surface area contributed by atoms with Crippen LogP contribution in [0, 0.1) is 6.92 Å². The van der Waals surface area contributed by atoms with Crippen LogP contribution in [0.15, 0.2) is 10.5 Å². The number of carbonyl (C=O) groups excluding carboxylic acids is 1. The highest BCUT2D eigenvalue weighted by molar-refractivity contribution is 9.10. The van der Waals surface area contributed by atoms with Gasteiger partial charge in [-0.3, -0.25) is 0 Å². The number of methoxy groups -OCH3 is 1. The van der Waals surface area contributed by atoms with Crippen molar-refractivity contribution in [2.45, 2.75) is 20.0 Å². The Morgan fingerprint density at radius 3 is 2.67 bits per heavy atom. The van der Waals surface area contributed by atoms with Crippen LogP contribution in [0.4, 0.5) is 0 Å². The second-order valence-corrected chi connectivity index (χ2v) is 4.46. The van der Waals surface area contributed by atoms with Gasteiger partial charge in [0.25, 0.3) is 0 Å². The van der Waals surface area contributed by atoms with Crippen LogP contribution in [-0.4, -0.2) is 29.9 Å². The van der Waals surface area contributed by atoms with Crippen molar-refractivity contribution >= 4 is 21.9 Å². The molecule has 1 rings (SSSR count). The first-order chi connectivity index (χ1) is 8.43. The Kier molecular flexibility index (Phi) is 4.98. The monoisotopic (exact) mass is 318 g/mol. The number of ether oxygens (including phenoxy) is 2. The van der Waals surface area contributed by atoms with Crippen LogP contribution in [0.25, 0.3) is 0 Å². The van der Waals surface area contributed by atoms with Crippen LogP contribution >= 0.6 is 15.9 Å². The lowest BCUT2D eigenvalue weighted by molar-refractivity contribution is -0.153. The van der Waals surface area contributed by atoms with Crippen LogP contribution in [-0.2, 0) is 9.53 Å². The Morgan fingerprint density at radius 2 is 2.17 bits per heavy atom. The lowest BCUT2D eigenvalue weighted by Gasteiger charge is -2.16. The summed E-state index contributed by atoms with van der Waals surface area (Å²) < 4.78 is 10.4. The number of hydrogen-bond donors (Lipinski definition) is 2. The molecule has 0 bridgehead atoms. The summed E-state index contributed by atoms with van der Waals surface area (Å²) in [5.74, 6) is -0.868. The van der Waals surface area contributed by atoms with Crippen LogP contribution in [0.3, 0.4) is 0 Å². The zero-order chi connectivity index (χ0) is 13.9. The highest BCUT2D eigenvalue weighted by Gasteiger charge is 2.26. The number of rotatable bonds is 4. The average molecular weight is 319 g/mol. The molecule has 0 aliphatic carbocycles. The summed E-state index contributed by atoms with van der Waals surface area (Å²) in [6.07, 6.45) is -1.55. The van der Waals surface area contributed by atoms with Crippen molar-refractivity contribution in [1.29, 1.82) is 0 Å². The van der Waals surface area contributed by atoms with Gasteiger partial charge in [0, 0.05) is 15.6 Å². The summed E-state index contributed by atoms with van der Waals surface area (Å²) >= 11 is 3.27. The number of aliphatic hydroxyl groups excluding tert-OH is 1. The Morgan fingerprint density at radius 1 is 1.56 bits per heavy atom. The minimum absolute atomic E-state index is 0.0442. The Balaban J connectivity index is 3.25. The molecule has 0 aliphatic rings. The molecule has 0 aromatic heterocycles. The molecular weight excluding hydrogens is 304 g/mol. The van der Waals surface area contributed by atoms with Gasteiger partial charge < -0.3 is 19.7 Å². The molecule has 0 aliphatic heterocycles. The van der Waals surface area contributed by atoms with E-state index in [9.17, 15) is 15.0 Å². The van der Waals surface area contributed by atoms with Gasteiger partial charge in [-0.15, -0.1) is 0 Å². The number of phenolic OH excluding ortho intramolecular Hbond substituents is 1. The number of benzene rings is 1. The van der Waals surface area contributed by atoms with Gasteiger partial charge in [-0.1, -0.05) is 15.9 Å². The van der Waals surface area contributed by atoms with Crippen molar-refractivity contribution in [3.63, 3.8) is 0 Å². The van der Waals surface area contributed by atoms with E-state index in [-0.39, 0.29) is 23.7 Å². The van der Waals surface area contributed by atoms with Crippen LogP contribution in [0.1, 0.15) is 24.2 Å². The first kappa shape index (κ1) is 14.8. The van der Waals surface area contributed by atoms with E-state index in [0.717, 1.165) is 0 Å². The fourth-order valence-electron chi connectivity index (χ4n) is 1.54. The number of hydrogen-bond acceptors (Lipinski definition) is 5. The van der Waals surface area contributed by atoms with E-state index in [4.69, 9.17) is 9.47 Å². The first-order valence-corrected chi connectivity index (χ1v) is 6.13. The highest BCUT2D eigenvalue weighted by atomic mass is 79.9. The zero-order valence-corrected chi connectivity index (χ0v) is 11.9. The standard InChI is InChI=1S/C12H15BrO5/c1-4-18-12(16)10(15)7-5-8(13)6(2)11(17-3)9(7)14/h5,10,14-15H,4H2,1-3H3. The molecule has 0 amide bonds. The summed E-state index contributed by atoms with van der Waals surface area (Å²) in [5.41, 5.74) is 0.720. The Labute approximate surface area is 113 Å². The number of phenols is 1. The molecule has 6 heteroatoms. The summed E-state index contributed by atoms with van der Waals surface area (Å²) in [4.78, 5) is 11.5. The molecule has 0 saturated heterocycles. The van der Waals surface area contributed by atoms with Gasteiger partial charge in [0.15, 0.2) is 17.6 Å². The quantitative estimate of drug-likeness (QED) is 0.831. The second kappa shape index (κ2) is 6.06. The van der Waals surface area contributed by atoms with E-state index >= 15 is 0 Å². The molecule has 100 valence electrons. The lowest BCUT2D eigenvalue weighted by atomic mass is 10.0. The SMILES string of the molecule is CCOC(=O)C(O)c1cc(Br)c(C)c(OC)c1O. The summed E-state index contributed by atoms with van der Waals surface area (Å²) in [6, 6.07) is 1.47. The van der Waals surface area contributed by atoms with Crippen molar-refractivity contribution < 1.29 is 24.5 Å².